The highest BCUT2D eigenvalue weighted by Crippen LogP contribution is 2.39. The predicted molar refractivity (Wildman–Crippen MR) is 138 cm³/mol. The third-order valence-electron chi connectivity index (χ3n) is 6.71. The van der Waals surface area contributed by atoms with Gasteiger partial charge in [-0.1, -0.05) is 48.5 Å². The lowest BCUT2D eigenvalue weighted by Gasteiger charge is -2.36. The molecule has 3 aromatic carbocycles. The third kappa shape index (κ3) is 5.61. The average Bonchev–Trinajstić information content (AvgIpc) is 3.28. The maximum absolute atomic E-state index is 13.1. The number of hydrogen-bond acceptors (Lipinski definition) is 4. The van der Waals surface area contributed by atoms with Gasteiger partial charge in [0.25, 0.3) is 5.91 Å². The maximum atomic E-state index is 13.1. The van der Waals surface area contributed by atoms with E-state index >= 15 is 0 Å². The van der Waals surface area contributed by atoms with Crippen LogP contribution in [0.1, 0.15) is 32.4 Å². The molecule has 37 heavy (non-hydrogen) atoms. The number of alkyl halides is 3. The van der Waals surface area contributed by atoms with E-state index in [0.717, 1.165) is 23.3 Å². The first kappa shape index (κ1) is 25.2. The zero-order valence-electron chi connectivity index (χ0n) is 20.0. The van der Waals surface area contributed by atoms with Crippen molar-refractivity contribution < 1.29 is 22.8 Å². The molecular formula is C28H26F3N3O2S. The van der Waals surface area contributed by atoms with E-state index in [4.69, 9.17) is 0 Å². The summed E-state index contributed by atoms with van der Waals surface area (Å²) in [5.74, 6) is 0.415. The second-order valence-corrected chi connectivity index (χ2v) is 10.2. The van der Waals surface area contributed by atoms with Crippen LogP contribution in [0.15, 0.2) is 78.9 Å². The molecule has 0 N–H and O–H groups in total. The predicted octanol–water partition coefficient (Wildman–Crippen LogP) is 5.44. The Bertz CT molecular complexity index is 1260. The van der Waals surface area contributed by atoms with Crippen molar-refractivity contribution in [2.45, 2.75) is 18.1 Å². The largest absolute Gasteiger partial charge is 0.416 e. The number of anilines is 1. The third-order valence-corrected chi connectivity index (χ3v) is 7.97. The molecular weight excluding hydrogens is 499 g/mol. The number of halogens is 3. The van der Waals surface area contributed by atoms with Crippen LogP contribution in [-0.2, 0) is 17.5 Å². The van der Waals surface area contributed by atoms with Gasteiger partial charge in [0.2, 0.25) is 5.91 Å². The number of thioether (sulfide) groups is 1. The molecule has 192 valence electrons. The Morgan fingerprint density at radius 2 is 1.59 bits per heavy atom. The molecule has 0 bridgehead atoms. The topological polar surface area (TPSA) is 43.9 Å². The Labute approximate surface area is 217 Å². The molecule has 2 aliphatic rings. The first-order chi connectivity index (χ1) is 17.8. The highest BCUT2D eigenvalue weighted by molar-refractivity contribution is 8.00. The molecule has 0 aromatic heterocycles. The first-order valence-electron chi connectivity index (χ1n) is 12.1. The quantitative estimate of drug-likeness (QED) is 0.445. The van der Waals surface area contributed by atoms with Gasteiger partial charge in [0.15, 0.2) is 0 Å². The summed E-state index contributed by atoms with van der Waals surface area (Å²) in [6, 6.07) is 22.5. The van der Waals surface area contributed by atoms with Crippen LogP contribution in [0.2, 0.25) is 0 Å². The lowest BCUT2D eigenvalue weighted by Crippen LogP contribution is -2.48. The molecule has 2 heterocycles. The number of piperazine rings is 1. The second kappa shape index (κ2) is 10.5. The molecule has 0 radical (unpaired) electrons. The summed E-state index contributed by atoms with van der Waals surface area (Å²) in [5, 5.41) is -0.104. The molecule has 5 rings (SSSR count). The van der Waals surface area contributed by atoms with Gasteiger partial charge in [-0.2, -0.15) is 13.2 Å². The average molecular weight is 526 g/mol. The zero-order valence-corrected chi connectivity index (χ0v) is 20.8. The van der Waals surface area contributed by atoms with Gasteiger partial charge in [-0.25, -0.2) is 0 Å². The normalized spacial score (nSPS) is 18.4. The Morgan fingerprint density at radius 1 is 0.892 bits per heavy atom. The minimum atomic E-state index is -4.39. The molecule has 2 aliphatic heterocycles. The van der Waals surface area contributed by atoms with Crippen molar-refractivity contribution in [1.82, 2.24) is 9.80 Å². The monoisotopic (exact) mass is 525 g/mol. The van der Waals surface area contributed by atoms with Crippen LogP contribution in [-0.4, -0.2) is 53.5 Å². The Kier molecular flexibility index (Phi) is 7.15. The standard InChI is InChI=1S/C28H26F3N3O2S/c29-28(30,31)23-7-4-8-24(17-23)32-13-15-33(16-14-32)26(36)21-9-11-22(12-10-21)27-34(25(35)19-37-27)18-20-5-2-1-3-6-20/h1-12,17,27H,13-16,18-19H2/t27-/m0/s1. The van der Waals surface area contributed by atoms with E-state index in [0.29, 0.717) is 49.7 Å². The van der Waals surface area contributed by atoms with Crippen molar-refractivity contribution in [2.75, 3.05) is 36.8 Å². The van der Waals surface area contributed by atoms with Crippen LogP contribution in [0.4, 0.5) is 18.9 Å². The van der Waals surface area contributed by atoms with Gasteiger partial charge in [-0.3, -0.25) is 9.59 Å². The van der Waals surface area contributed by atoms with Crippen LogP contribution in [0.5, 0.6) is 0 Å². The molecule has 9 heteroatoms. The molecule has 0 aliphatic carbocycles. The van der Waals surface area contributed by atoms with Crippen molar-refractivity contribution in [1.29, 1.82) is 0 Å². The molecule has 2 saturated heterocycles. The molecule has 0 saturated carbocycles. The number of rotatable bonds is 5. The summed E-state index contributed by atoms with van der Waals surface area (Å²) in [7, 11) is 0. The van der Waals surface area contributed by atoms with Crippen molar-refractivity contribution in [3.8, 4) is 0 Å². The van der Waals surface area contributed by atoms with Gasteiger partial charge in [-0.15, -0.1) is 11.8 Å². The summed E-state index contributed by atoms with van der Waals surface area (Å²) in [4.78, 5) is 31.1. The van der Waals surface area contributed by atoms with Gasteiger partial charge >= 0.3 is 6.18 Å². The zero-order chi connectivity index (χ0) is 26.0. The van der Waals surface area contributed by atoms with E-state index in [1.165, 1.54) is 6.07 Å². The van der Waals surface area contributed by atoms with E-state index in [2.05, 4.69) is 0 Å². The molecule has 0 unspecified atom stereocenters. The van der Waals surface area contributed by atoms with Gasteiger partial charge in [0.1, 0.15) is 5.37 Å². The van der Waals surface area contributed by atoms with Crippen LogP contribution in [0.25, 0.3) is 0 Å². The second-order valence-electron chi connectivity index (χ2n) is 9.12. The SMILES string of the molecule is O=C(c1ccc([C@@H]2SCC(=O)N2Cc2ccccc2)cc1)N1CCN(c2cccc(C(F)(F)F)c2)CC1. The van der Waals surface area contributed by atoms with E-state index in [1.54, 1.807) is 34.9 Å². The van der Waals surface area contributed by atoms with E-state index in [9.17, 15) is 22.8 Å². The van der Waals surface area contributed by atoms with Crippen molar-refractivity contribution in [3.05, 3.63) is 101 Å². The van der Waals surface area contributed by atoms with Crippen LogP contribution in [0, 0.1) is 0 Å². The first-order valence-corrected chi connectivity index (χ1v) is 13.1. The lowest BCUT2D eigenvalue weighted by atomic mass is 10.1. The Balaban J connectivity index is 1.21. The smallest absolute Gasteiger partial charge is 0.368 e. The number of amides is 2. The minimum Gasteiger partial charge on any atom is -0.368 e. The summed E-state index contributed by atoms with van der Waals surface area (Å²) >= 11 is 1.58. The van der Waals surface area contributed by atoms with Crippen LogP contribution < -0.4 is 4.90 Å². The number of nitrogens with zero attached hydrogens (tertiary/aromatic N) is 3. The fourth-order valence-corrected chi connectivity index (χ4v) is 5.89. The van der Waals surface area contributed by atoms with Crippen LogP contribution >= 0.6 is 11.8 Å². The fraction of sp³-hybridized carbons (Fsp3) is 0.286. The van der Waals surface area contributed by atoms with E-state index in [1.807, 2.05) is 52.3 Å². The summed E-state index contributed by atoms with van der Waals surface area (Å²) in [6.07, 6.45) is -4.39. The van der Waals surface area contributed by atoms with Gasteiger partial charge < -0.3 is 14.7 Å². The molecule has 5 nitrogen and oxygen atoms in total. The van der Waals surface area contributed by atoms with E-state index < -0.39 is 11.7 Å². The molecule has 1 atom stereocenters. The van der Waals surface area contributed by atoms with Crippen molar-refractivity contribution in [3.63, 3.8) is 0 Å². The van der Waals surface area contributed by atoms with Gasteiger partial charge in [0.05, 0.1) is 11.3 Å². The van der Waals surface area contributed by atoms with Gasteiger partial charge in [0, 0.05) is 44.0 Å². The maximum Gasteiger partial charge on any atom is 0.416 e. The molecule has 2 amide bonds. The Hall–Kier alpha value is -3.46. The minimum absolute atomic E-state index is 0.0950. The highest BCUT2D eigenvalue weighted by Gasteiger charge is 2.33. The molecule has 0 spiro atoms. The highest BCUT2D eigenvalue weighted by atomic mass is 32.2. The van der Waals surface area contributed by atoms with E-state index in [-0.39, 0.29) is 17.2 Å². The molecule has 2 fully saturated rings. The Morgan fingerprint density at radius 3 is 2.27 bits per heavy atom. The summed E-state index contributed by atoms with van der Waals surface area (Å²) in [6.45, 7) is 2.30. The number of hydrogen-bond donors (Lipinski definition) is 0. The van der Waals surface area contributed by atoms with Crippen molar-refractivity contribution in [2.24, 2.45) is 0 Å². The van der Waals surface area contributed by atoms with Crippen molar-refractivity contribution >= 4 is 29.3 Å². The molecule has 3 aromatic rings. The summed E-state index contributed by atoms with van der Waals surface area (Å²) in [5.41, 5.74) is 2.43. The number of benzene rings is 3. The fourth-order valence-electron chi connectivity index (χ4n) is 4.70. The van der Waals surface area contributed by atoms with Gasteiger partial charge in [-0.05, 0) is 41.5 Å². The number of carbonyl (C=O) groups excluding carboxylic acids is 2. The lowest BCUT2D eigenvalue weighted by molar-refractivity contribution is -0.137. The van der Waals surface area contributed by atoms with Crippen LogP contribution in [0.3, 0.4) is 0 Å². The summed E-state index contributed by atoms with van der Waals surface area (Å²) < 4.78 is 39.2. The number of carbonyl (C=O) groups is 2.